The number of hydrogen-bond donors (Lipinski definition) is 0. The first-order valence-electron chi connectivity index (χ1n) is 19.7. The number of fused-ring (bicyclic) bond motifs is 9. The molecule has 0 spiro atoms. The Balaban J connectivity index is 1.32. The molecule has 3 aromatic heterocycles. The Morgan fingerprint density at radius 2 is 1.09 bits per heavy atom. The van der Waals surface area contributed by atoms with Crippen molar-refractivity contribution in [1.29, 1.82) is 0 Å². The summed E-state index contributed by atoms with van der Waals surface area (Å²) in [5.41, 5.74) is 10.7. The van der Waals surface area contributed by atoms with Gasteiger partial charge in [-0.05, 0) is 75.9 Å². The minimum Gasteiger partial charge on any atom is -0.309 e. The molecule has 56 heavy (non-hydrogen) atoms. The normalized spacial score (nSPS) is 14.9. The van der Waals surface area contributed by atoms with E-state index >= 15 is 0 Å². The van der Waals surface area contributed by atoms with Crippen LogP contribution in [-0.2, 0) is 10.8 Å². The molecule has 0 fully saturated rings. The van der Waals surface area contributed by atoms with E-state index in [0.29, 0.717) is 17.6 Å². The first kappa shape index (κ1) is 32.8. The van der Waals surface area contributed by atoms with E-state index in [1.165, 1.54) is 66.6 Å². The van der Waals surface area contributed by atoms with Crippen molar-refractivity contribution >= 4 is 54.4 Å². The van der Waals surface area contributed by atoms with E-state index in [1.54, 1.807) is 0 Å². The van der Waals surface area contributed by atoms with Crippen molar-refractivity contribution in [2.75, 3.05) is 0 Å². The summed E-state index contributed by atoms with van der Waals surface area (Å²) in [7, 11) is 0. The van der Waals surface area contributed by atoms with Gasteiger partial charge in [0.2, 0.25) is 5.95 Å². The van der Waals surface area contributed by atoms with E-state index in [4.69, 9.17) is 15.0 Å². The molecule has 0 saturated heterocycles. The van der Waals surface area contributed by atoms with Crippen molar-refractivity contribution in [2.45, 2.75) is 51.4 Å². The SMILES string of the molecule is CC1(C)CCC(C)(C)c2c(-n3c4ccccc4c4c3ccc3c5cc6ccccc6cc5n(-c5nc(-c6ccccc6)nc(-c6ccccc6)n5)c34)cccc21. The lowest BCUT2D eigenvalue weighted by Crippen LogP contribution is -2.35. The van der Waals surface area contributed by atoms with E-state index in [1.807, 2.05) is 36.4 Å². The maximum atomic E-state index is 5.33. The Kier molecular flexibility index (Phi) is 7.00. The zero-order chi connectivity index (χ0) is 37.8. The van der Waals surface area contributed by atoms with Gasteiger partial charge in [0.1, 0.15) is 0 Å². The highest BCUT2D eigenvalue weighted by molar-refractivity contribution is 6.27. The molecule has 7 aromatic carbocycles. The second-order valence-electron chi connectivity index (χ2n) is 16.7. The molecule has 0 radical (unpaired) electrons. The Bertz CT molecular complexity index is 3130. The molecule has 0 atom stereocenters. The highest BCUT2D eigenvalue weighted by atomic mass is 15.2. The van der Waals surface area contributed by atoms with Crippen LogP contribution >= 0.6 is 0 Å². The van der Waals surface area contributed by atoms with Crippen molar-refractivity contribution in [1.82, 2.24) is 24.1 Å². The Labute approximate surface area is 325 Å². The van der Waals surface area contributed by atoms with Crippen LogP contribution in [0, 0.1) is 0 Å². The standard InChI is InChI=1S/C51H41N5/c1-50(2)28-29-51(3,4)45-39(50)23-15-25-42(45)55-40-24-14-13-22-37(40)44-41(55)27-26-36-38-30-34-20-11-12-21-35(34)31-43(38)56(46(36)44)49-53-47(32-16-7-5-8-17-32)52-48(54-49)33-18-9-6-10-19-33/h5-27,30-31H,28-29H2,1-4H3. The lowest BCUT2D eigenvalue weighted by Gasteiger charge is -2.43. The van der Waals surface area contributed by atoms with Gasteiger partial charge in [-0.2, -0.15) is 9.97 Å². The molecule has 0 N–H and O–H groups in total. The van der Waals surface area contributed by atoms with Crippen LogP contribution in [-0.4, -0.2) is 24.1 Å². The fourth-order valence-electron chi connectivity index (χ4n) is 9.49. The Morgan fingerprint density at radius 3 is 1.80 bits per heavy atom. The number of hydrogen-bond acceptors (Lipinski definition) is 3. The summed E-state index contributed by atoms with van der Waals surface area (Å²) in [5.74, 6) is 1.87. The van der Waals surface area contributed by atoms with Crippen molar-refractivity contribution in [3.05, 3.63) is 163 Å². The first-order chi connectivity index (χ1) is 27.3. The van der Waals surface area contributed by atoms with E-state index < -0.39 is 0 Å². The molecule has 0 saturated carbocycles. The minimum atomic E-state index is 0.0187. The predicted octanol–water partition coefficient (Wildman–Crippen LogP) is 12.9. The fourth-order valence-corrected chi connectivity index (χ4v) is 9.49. The van der Waals surface area contributed by atoms with Gasteiger partial charge in [0.15, 0.2) is 11.6 Å². The summed E-state index contributed by atoms with van der Waals surface area (Å²) in [5, 5.41) is 7.10. The molecule has 270 valence electrons. The van der Waals surface area contributed by atoms with Crippen LogP contribution in [0.15, 0.2) is 152 Å². The quantitative estimate of drug-likeness (QED) is 0.182. The largest absolute Gasteiger partial charge is 0.309 e. The minimum absolute atomic E-state index is 0.0187. The van der Waals surface area contributed by atoms with E-state index in [2.05, 4.69) is 152 Å². The second kappa shape index (κ2) is 12.0. The van der Waals surface area contributed by atoms with Crippen LogP contribution in [0.25, 0.3) is 88.8 Å². The third-order valence-corrected chi connectivity index (χ3v) is 12.4. The van der Waals surface area contributed by atoms with Gasteiger partial charge in [-0.1, -0.05) is 149 Å². The first-order valence-corrected chi connectivity index (χ1v) is 19.7. The second-order valence-corrected chi connectivity index (χ2v) is 16.7. The molecule has 5 nitrogen and oxygen atoms in total. The smallest absolute Gasteiger partial charge is 0.238 e. The van der Waals surface area contributed by atoms with Gasteiger partial charge >= 0.3 is 0 Å². The van der Waals surface area contributed by atoms with Gasteiger partial charge in [-0.15, -0.1) is 0 Å². The Hall–Kier alpha value is -6.59. The third-order valence-electron chi connectivity index (χ3n) is 12.4. The third kappa shape index (κ3) is 4.83. The number of para-hydroxylation sites is 1. The maximum Gasteiger partial charge on any atom is 0.238 e. The molecule has 1 aliphatic rings. The summed E-state index contributed by atoms with van der Waals surface area (Å²) >= 11 is 0. The average molecular weight is 724 g/mol. The van der Waals surface area contributed by atoms with Gasteiger partial charge in [0.05, 0.1) is 27.8 Å². The van der Waals surface area contributed by atoms with Crippen LogP contribution in [0.4, 0.5) is 0 Å². The lowest BCUT2D eigenvalue weighted by atomic mass is 9.62. The molecule has 0 aliphatic heterocycles. The monoisotopic (exact) mass is 723 g/mol. The van der Waals surface area contributed by atoms with Gasteiger partial charge in [-0.25, -0.2) is 4.98 Å². The molecule has 0 bridgehead atoms. The fraction of sp³-hybridized carbons (Fsp3) is 0.157. The van der Waals surface area contributed by atoms with E-state index in [-0.39, 0.29) is 10.8 Å². The number of benzene rings is 7. The Morgan fingerprint density at radius 1 is 0.464 bits per heavy atom. The molecule has 10 aromatic rings. The average Bonchev–Trinajstić information content (AvgIpc) is 3.74. The summed E-state index contributed by atoms with van der Waals surface area (Å²) < 4.78 is 4.84. The topological polar surface area (TPSA) is 48.5 Å². The molecular formula is C51H41N5. The lowest BCUT2D eigenvalue weighted by molar-refractivity contribution is 0.331. The van der Waals surface area contributed by atoms with Crippen LogP contribution in [0.3, 0.4) is 0 Å². The van der Waals surface area contributed by atoms with Gasteiger partial charge in [0.25, 0.3) is 0 Å². The van der Waals surface area contributed by atoms with Crippen molar-refractivity contribution in [2.24, 2.45) is 0 Å². The van der Waals surface area contributed by atoms with Crippen LogP contribution < -0.4 is 0 Å². The van der Waals surface area contributed by atoms with Crippen LogP contribution in [0.2, 0.25) is 0 Å². The summed E-state index contributed by atoms with van der Waals surface area (Å²) in [6.45, 7) is 9.67. The summed E-state index contributed by atoms with van der Waals surface area (Å²) in [6.07, 6.45) is 2.31. The molecule has 0 amide bonds. The molecule has 11 rings (SSSR count). The zero-order valence-corrected chi connectivity index (χ0v) is 32.1. The van der Waals surface area contributed by atoms with Crippen molar-refractivity contribution < 1.29 is 0 Å². The van der Waals surface area contributed by atoms with E-state index in [0.717, 1.165) is 28.6 Å². The molecule has 3 heterocycles. The van der Waals surface area contributed by atoms with Crippen molar-refractivity contribution in [3.63, 3.8) is 0 Å². The van der Waals surface area contributed by atoms with Crippen LogP contribution in [0.1, 0.15) is 51.7 Å². The highest BCUT2D eigenvalue weighted by Gasteiger charge is 2.39. The number of aromatic nitrogens is 5. The molecular weight excluding hydrogens is 683 g/mol. The molecule has 0 unspecified atom stereocenters. The van der Waals surface area contributed by atoms with Crippen LogP contribution in [0.5, 0.6) is 0 Å². The number of rotatable bonds is 4. The predicted molar refractivity (Wildman–Crippen MR) is 232 cm³/mol. The molecule has 1 aliphatic carbocycles. The highest BCUT2D eigenvalue weighted by Crippen LogP contribution is 2.50. The van der Waals surface area contributed by atoms with Gasteiger partial charge in [0, 0.05) is 32.7 Å². The number of nitrogens with zero attached hydrogens (tertiary/aromatic N) is 5. The van der Waals surface area contributed by atoms with Gasteiger partial charge in [-0.3, -0.25) is 4.57 Å². The maximum absolute atomic E-state index is 5.33. The van der Waals surface area contributed by atoms with Gasteiger partial charge < -0.3 is 4.57 Å². The summed E-state index contributed by atoms with van der Waals surface area (Å²) in [6, 6.07) is 54.3. The van der Waals surface area contributed by atoms with Crippen molar-refractivity contribution in [3.8, 4) is 34.4 Å². The molecule has 5 heteroatoms. The summed E-state index contributed by atoms with van der Waals surface area (Å²) in [4.78, 5) is 15.7. The zero-order valence-electron chi connectivity index (χ0n) is 32.1. The van der Waals surface area contributed by atoms with E-state index in [9.17, 15) is 0 Å².